The molecular weight excluding hydrogens is 384 g/mol. The number of amides is 1. The quantitative estimate of drug-likeness (QED) is 0.562. The van der Waals surface area contributed by atoms with Gasteiger partial charge in [0.15, 0.2) is 11.0 Å². The van der Waals surface area contributed by atoms with Gasteiger partial charge in [-0.1, -0.05) is 59.8 Å². The van der Waals surface area contributed by atoms with E-state index >= 15 is 0 Å². The number of hydrogen-bond acceptors (Lipinski definition) is 5. The van der Waals surface area contributed by atoms with Gasteiger partial charge in [-0.2, -0.15) is 0 Å². The Morgan fingerprint density at radius 2 is 1.97 bits per heavy atom. The molecule has 7 heteroatoms. The monoisotopic (exact) mass is 410 g/mol. The third-order valence-corrected chi connectivity index (χ3v) is 5.59. The Labute approximate surface area is 175 Å². The smallest absolute Gasteiger partial charge is 0.230 e. The van der Waals surface area contributed by atoms with Gasteiger partial charge >= 0.3 is 0 Å². The average Bonchev–Trinajstić information content (AvgIpc) is 3.15. The lowest BCUT2D eigenvalue weighted by molar-refractivity contribution is -0.119. The molecule has 0 fully saturated rings. The summed E-state index contributed by atoms with van der Waals surface area (Å²) in [5.74, 6) is 1.80. The zero-order valence-electron chi connectivity index (χ0n) is 17.2. The van der Waals surface area contributed by atoms with Crippen LogP contribution in [0.3, 0.4) is 0 Å². The Morgan fingerprint density at radius 3 is 2.66 bits per heavy atom. The lowest BCUT2D eigenvalue weighted by Crippen LogP contribution is -2.28. The molecule has 1 amide bonds. The van der Waals surface area contributed by atoms with Crippen LogP contribution in [0.2, 0.25) is 0 Å². The molecule has 29 heavy (non-hydrogen) atoms. The molecule has 0 radical (unpaired) electrons. The lowest BCUT2D eigenvalue weighted by atomic mass is 10.0. The second kappa shape index (κ2) is 9.60. The zero-order chi connectivity index (χ0) is 20.8. The molecule has 0 saturated carbocycles. The van der Waals surface area contributed by atoms with Crippen LogP contribution in [0.25, 0.3) is 11.4 Å². The van der Waals surface area contributed by atoms with Crippen LogP contribution >= 0.6 is 11.8 Å². The van der Waals surface area contributed by atoms with Gasteiger partial charge in [0.2, 0.25) is 5.91 Å². The standard InChI is InChI=1S/C22H26N4O2S/c1-5-26-21(17-9-7-6-8-10-17)24-25-22(26)29-14-20(27)23-16(3)18-13-15(2)11-12-19(18)28-4/h6-13,16H,5,14H2,1-4H3,(H,23,27)/t16-/m0/s1. The highest BCUT2D eigenvalue weighted by Gasteiger charge is 2.17. The summed E-state index contributed by atoms with van der Waals surface area (Å²) >= 11 is 1.39. The van der Waals surface area contributed by atoms with Crippen molar-refractivity contribution in [1.82, 2.24) is 20.1 Å². The first-order valence-electron chi connectivity index (χ1n) is 9.58. The number of aromatic nitrogens is 3. The second-order valence-electron chi connectivity index (χ2n) is 6.74. The molecular formula is C22H26N4O2S. The Morgan fingerprint density at radius 1 is 1.21 bits per heavy atom. The highest BCUT2D eigenvalue weighted by molar-refractivity contribution is 7.99. The molecule has 0 saturated heterocycles. The van der Waals surface area contributed by atoms with Crippen LogP contribution in [0.5, 0.6) is 5.75 Å². The maximum Gasteiger partial charge on any atom is 0.230 e. The molecule has 0 spiro atoms. The highest BCUT2D eigenvalue weighted by atomic mass is 32.2. The first kappa shape index (κ1) is 20.9. The number of nitrogens with one attached hydrogen (secondary N) is 1. The molecule has 0 aliphatic carbocycles. The third-order valence-electron chi connectivity index (χ3n) is 4.63. The van der Waals surface area contributed by atoms with E-state index < -0.39 is 0 Å². The van der Waals surface area contributed by atoms with Gasteiger partial charge in [-0.05, 0) is 26.8 Å². The van der Waals surface area contributed by atoms with Crippen LogP contribution in [-0.4, -0.2) is 33.5 Å². The summed E-state index contributed by atoms with van der Waals surface area (Å²) in [5.41, 5.74) is 3.10. The summed E-state index contributed by atoms with van der Waals surface area (Å²) in [7, 11) is 1.64. The number of aryl methyl sites for hydroxylation is 1. The van der Waals surface area contributed by atoms with Gasteiger partial charge in [-0.15, -0.1) is 10.2 Å². The van der Waals surface area contributed by atoms with Gasteiger partial charge in [0.25, 0.3) is 0 Å². The normalized spacial score (nSPS) is 11.9. The average molecular weight is 411 g/mol. The van der Waals surface area contributed by atoms with Crippen molar-refractivity contribution in [2.45, 2.75) is 38.5 Å². The Kier molecular flexibility index (Phi) is 6.93. The van der Waals surface area contributed by atoms with Gasteiger partial charge in [0.1, 0.15) is 5.75 Å². The minimum atomic E-state index is -0.151. The van der Waals surface area contributed by atoms with Crippen molar-refractivity contribution in [2.75, 3.05) is 12.9 Å². The van der Waals surface area contributed by atoms with Crippen LogP contribution < -0.4 is 10.1 Å². The molecule has 3 aromatic rings. The Balaban J connectivity index is 1.66. The van der Waals surface area contributed by atoms with Crippen molar-refractivity contribution in [1.29, 1.82) is 0 Å². The van der Waals surface area contributed by atoms with E-state index in [9.17, 15) is 4.79 Å². The minimum absolute atomic E-state index is 0.0574. The fraction of sp³-hybridized carbons (Fsp3) is 0.318. The van der Waals surface area contributed by atoms with Gasteiger partial charge in [-0.25, -0.2) is 0 Å². The number of thioether (sulfide) groups is 1. The van der Waals surface area contributed by atoms with Crippen molar-refractivity contribution in [3.8, 4) is 17.1 Å². The largest absolute Gasteiger partial charge is 0.496 e. The summed E-state index contributed by atoms with van der Waals surface area (Å²) in [4.78, 5) is 12.5. The summed E-state index contributed by atoms with van der Waals surface area (Å²) < 4.78 is 7.46. The predicted octanol–water partition coefficient (Wildman–Crippen LogP) is 4.25. The van der Waals surface area contributed by atoms with Gasteiger partial charge in [-0.3, -0.25) is 4.79 Å². The van der Waals surface area contributed by atoms with Gasteiger partial charge < -0.3 is 14.6 Å². The summed E-state index contributed by atoms with van der Waals surface area (Å²) in [6.45, 7) is 6.77. The third kappa shape index (κ3) is 4.98. The summed E-state index contributed by atoms with van der Waals surface area (Å²) in [6, 6.07) is 15.8. The predicted molar refractivity (Wildman–Crippen MR) is 116 cm³/mol. The number of nitrogens with zero attached hydrogens (tertiary/aromatic N) is 3. The lowest BCUT2D eigenvalue weighted by Gasteiger charge is -2.18. The number of carbonyl (C=O) groups is 1. The van der Waals surface area contributed by atoms with E-state index in [0.29, 0.717) is 0 Å². The SMILES string of the molecule is CCn1c(SCC(=O)N[C@@H](C)c2cc(C)ccc2OC)nnc1-c1ccccc1. The van der Waals surface area contributed by atoms with Crippen molar-refractivity contribution in [3.05, 3.63) is 59.7 Å². The first-order chi connectivity index (χ1) is 14.0. The molecule has 1 N–H and O–H groups in total. The van der Waals surface area contributed by atoms with Crippen molar-refractivity contribution >= 4 is 17.7 Å². The molecule has 2 aromatic carbocycles. The summed E-state index contributed by atoms with van der Waals surface area (Å²) in [6.07, 6.45) is 0. The van der Waals surface area contributed by atoms with E-state index in [1.807, 2.05) is 73.9 Å². The fourth-order valence-corrected chi connectivity index (χ4v) is 3.98. The Hall–Kier alpha value is -2.80. The first-order valence-corrected chi connectivity index (χ1v) is 10.6. The highest BCUT2D eigenvalue weighted by Crippen LogP contribution is 2.27. The number of hydrogen-bond donors (Lipinski definition) is 1. The topological polar surface area (TPSA) is 69.0 Å². The molecule has 1 heterocycles. The molecule has 3 rings (SSSR count). The van der Waals surface area contributed by atoms with Crippen LogP contribution in [0, 0.1) is 6.92 Å². The maximum atomic E-state index is 12.5. The minimum Gasteiger partial charge on any atom is -0.496 e. The Bertz CT molecular complexity index is 972. The molecule has 0 unspecified atom stereocenters. The molecule has 1 atom stereocenters. The molecule has 152 valence electrons. The molecule has 0 aliphatic heterocycles. The number of rotatable bonds is 8. The number of benzene rings is 2. The van der Waals surface area contributed by atoms with E-state index in [4.69, 9.17) is 4.74 Å². The second-order valence-corrected chi connectivity index (χ2v) is 7.68. The molecule has 0 aliphatic rings. The summed E-state index contributed by atoms with van der Waals surface area (Å²) in [5, 5.41) is 12.4. The van der Waals surface area contributed by atoms with E-state index in [2.05, 4.69) is 15.5 Å². The van der Waals surface area contributed by atoms with Crippen LogP contribution in [0.1, 0.15) is 31.0 Å². The number of ether oxygens (including phenoxy) is 1. The zero-order valence-corrected chi connectivity index (χ0v) is 18.0. The van der Waals surface area contributed by atoms with Gasteiger partial charge in [0.05, 0.1) is 18.9 Å². The van der Waals surface area contributed by atoms with Crippen LogP contribution in [0.15, 0.2) is 53.7 Å². The van der Waals surface area contributed by atoms with E-state index in [1.54, 1.807) is 7.11 Å². The van der Waals surface area contributed by atoms with E-state index in [0.717, 1.165) is 40.0 Å². The number of methoxy groups -OCH3 is 1. The van der Waals surface area contributed by atoms with E-state index in [1.165, 1.54) is 11.8 Å². The van der Waals surface area contributed by atoms with Gasteiger partial charge in [0, 0.05) is 17.7 Å². The van der Waals surface area contributed by atoms with Crippen LogP contribution in [0.4, 0.5) is 0 Å². The van der Waals surface area contributed by atoms with Crippen molar-refractivity contribution < 1.29 is 9.53 Å². The van der Waals surface area contributed by atoms with Crippen molar-refractivity contribution in [2.24, 2.45) is 0 Å². The maximum absolute atomic E-state index is 12.5. The van der Waals surface area contributed by atoms with E-state index in [-0.39, 0.29) is 17.7 Å². The number of carbonyl (C=O) groups excluding carboxylic acids is 1. The molecule has 6 nitrogen and oxygen atoms in total. The molecule has 0 bridgehead atoms. The molecule has 1 aromatic heterocycles. The fourth-order valence-electron chi connectivity index (χ4n) is 3.16. The van der Waals surface area contributed by atoms with Crippen molar-refractivity contribution in [3.63, 3.8) is 0 Å². The van der Waals surface area contributed by atoms with Crippen LogP contribution in [-0.2, 0) is 11.3 Å².